The standard InChI is InChI=1S/C23H26N4O3S/c1-17-24-22(30-25-17)16-31-21-7-4-3-6-20(21)23(28)27-13-5-12-26(14-15-27)18-8-10-19(29-2)11-9-18/h3-4,6-11H,5,12-16H2,1-2H3. The maximum absolute atomic E-state index is 13.3. The second-order valence-corrected chi connectivity index (χ2v) is 8.37. The molecule has 0 atom stereocenters. The largest absolute Gasteiger partial charge is 0.497 e. The van der Waals surface area contributed by atoms with Crippen molar-refractivity contribution < 1.29 is 14.1 Å². The van der Waals surface area contributed by atoms with Crippen molar-refractivity contribution in [3.05, 3.63) is 65.8 Å². The summed E-state index contributed by atoms with van der Waals surface area (Å²) in [7, 11) is 1.67. The zero-order chi connectivity index (χ0) is 21.6. The Balaban J connectivity index is 1.42. The van der Waals surface area contributed by atoms with Gasteiger partial charge in [0.1, 0.15) is 5.75 Å². The Labute approximate surface area is 186 Å². The van der Waals surface area contributed by atoms with Crippen LogP contribution in [0.3, 0.4) is 0 Å². The van der Waals surface area contributed by atoms with Crippen LogP contribution in [-0.4, -0.2) is 54.2 Å². The molecule has 8 heteroatoms. The Morgan fingerprint density at radius 3 is 2.65 bits per heavy atom. The van der Waals surface area contributed by atoms with Gasteiger partial charge >= 0.3 is 0 Å². The first kappa shape index (κ1) is 21.2. The summed E-state index contributed by atoms with van der Waals surface area (Å²) in [5, 5.41) is 3.83. The summed E-state index contributed by atoms with van der Waals surface area (Å²) in [5.74, 6) is 2.64. The number of thioether (sulfide) groups is 1. The number of anilines is 1. The zero-order valence-electron chi connectivity index (χ0n) is 17.8. The van der Waals surface area contributed by atoms with Gasteiger partial charge < -0.3 is 19.1 Å². The van der Waals surface area contributed by atoms with Crippen LogP contribution in [0.2, 0.25) is 0 Å². The molecule has 31 heavy (non-hydrogen) atoms. The molecule has 1 aliphatic rings. The van der Waals surface area contributed by atoms with Crippen molar-refractivity contribution in [2.24, 2.45) is 0 Å². The summed E-state index contributed by atoms with van der Waals surface area (Å²) in [5.41, 5.74) is 1.88. The van der Waals surface area contributed by atoms with Crippen LogP contribution in [-0.2, 0) is 5.75 Å². The Hall–Kier alpha value is -3.00. The highest BCUT2D eigenvalue weighted by molar-refractivity contribution is 7.98. The van der Waals surface area contributed by atoms with Crippen molar-refractivity contribution in [2.75, 3.05) is 38.2 Å². The van der Waals surface area contributed by atoms with Crippen molar-refractivity contribution in [3.8, 4) is 5.75 Å². The van der Waals surface area contributed by atoms with E-state index in [0.717, 1.165) is 48.0 Å². The van der Waals surface area contributed by atoms with Gasteiger partial charge in [-0.1, -0.05) is 17.3 Å². The first-order valence-corrected chi connectivity index (χ1v) is 11.3. The number of aromatic nitrogens is 2. The molecule has 4 rings (SSSR count). The van der Waals surface area contributed by atoms with Gasteiger partial charge in [-0.25, -0.2) is 0 Å². The monoisotopic (exact) mass is 438 g/mol. The molecule has 0 N–H and O–H groups in total. The average Bonchev–Trinajstić information content (AvgIpc) is 3.07. The Morgan fingerprint density at radius 1 is 1.10 bits per heavy atom. The normalized spacial score (nSPS) is 14.4. The molecule has 1 aliphatic heterocycles. The van der Waals surface area contributed by atoms with E-state index in [-0.39, 0.29) is 5.91 Å². The predicted molar refractivity (Wildman–Crippen MR) is 121 cm³/mol. The van der Waals surface area contributed by atoms with Gasteiger partial charge in [0.05, 0.1) is 18.4 Å². The molecule has 0 saturated carbocycles. The van der Waals surface area contributed by atoms with Gasteiger partial charge in [-0.15, -0.1) is 11.8 Å². The molecule has 162 valence electrons. The number of hydrogen-bond acceptors (Lipinski definition) is 7. The van der Waals surface area contributed by atoms with Crippen molar-refractivity contribution in [2.45, 2.75) is 24.0 Å². The number of amides is 1. The van der Waals surface area contributed by atoms with Crippen molar-refractivity contribution in [1.29, 1.82) is 0 Å². The van der Waals surface area contributed by atoms with Gasteiger partial charge in [-0.2, -0.15) is 4.98 Å². The predicted octanol–water partition coefficient (Wildman–Crippen LogP) is 4.03. The van der Waals surface area contributed by atoms with Gasteiger partial charge in [0.25, 0.3) is 5.91 Å². The molecular weight excluding hydrogens is 412 g/mol. The fraction of sp³-hybridized carbons (Fsp3) is 0.348. The number of hydrogen-bond donors (Lipinski definition) is 0. The minimum Gasteiger partial charge on any atom is -0.497 e. The highest BCUT2D eigenvalue weighted by Gasteiger charge is 2.22. The van der Waals surface area contributed by atoms with Gasteiger partial charge in [0, 0.05) is 36.8 Å². The number of nitrogens with zero attached hydrogens (tertiary/aromatic N) is 4. The van der Waals surface area contributed by atoms with E-state index in [1.54, 1.807) is 25.8 Å². The molecule has 0 unspecified atom stereocenters. The summed E-state index contributed by atoms with van der Waals surface area (Å²) in [4.78, 5) is 22.8. The molecule has 1 saturated heterocycles. The van der Waals surface area contributed by atoms with Gasteiger partial charge in [0.2, 0.25) is 5.89 Å². The van der Waals surface area contributed by atoms with E-state index in [2.05, 4.69) is 27.2 Å². The van der Waals surface area contributed by atoms with E-state index < -0.39 is 0 Å². The number of benzene rings is 2. The molecule has 1 aromatic heterocycles. The van der Waals surface area contributed by atoms with Crippen molar-refractivity contribution in [3.63, 3.8) is 0 Å². The number of ether oxygens (including phenoxy) is 1. The minimum atomic E-state index is 0.0707. The van der Waals surface area contributed by atoms with Gasteiger partial charge in [-0.05, 0) is 49.7 Å². The van der Waals surface area contributed by atoms with Crippen molar-refractivity contribution in [1.82, 2.24) is 15.0 Å². The fourth-order valence-electron chi connectivity index (χ4n) is 3.65. The lowest BCUT2D eigenvalue weighted by molar-refractivity contribution is 0.0763. The van der Waals surface area contributed by atoms with Crippen LogP contribution in [0.1, 0.15) is 28.5 Å². The van der Waals surface area contributed by atoms with E-state index in [1.165, 1.54) is 0 Å². The quantitative estimate of drug-likeness (QED) is 0.538. The van der Waals surface area contributed by atoms with E-state index >= 15 is 0 Å². The minimum absolute atomic E-state index is 0.0707. The van der Waals surface area contributed by atoms with Gasteiger partial charge in [0.15, 0.2) is 5.82 Å². The van der Waals surface area contributed by atoms with Crippen LogP contribution in [0.5, 0.6) is 5.75 Å². The topological polar surface area (TPSA) is 71.7 Å². The molecular formula is C23H26N4O3S. The second kappa shape index (κ2) is 9.87. The molecule has 0 radical (unpaired) electrons. The number of methoxy groups -OCH3 is 1. The van der Waals surface area contributed by atoms with Crippen LogP contribution < -0.4 is 9.64 Å². The summed E-state index contributed by atoms with van der Waals surface area (Å²) in [6.45, 7) is 4.95. The van der Waals surface area contributed by atoms with Crippen LogP contribution in [0.25, 0.3) is 0 Å². The Kier molecular flexibility index (Phi) is 6.76. The lowest BCUT2D eigenvalue weighted by Gasteiger charge is -2.24. The smallest absolute Gasteiger partial charge is 0.255 e. The molecule has 2 heterocycles. The van der Waals surface area contributed by atoms with Crippen LogP contribution in [0.4, 0.5) is 5.69 Å². The highest BCUT2D eigenvalue weighted by Crippen LogP contribution is 2.27. The van der Waals surface area contributed by atoms with Crippen molar-refractivity contribution >= 4 is 23.4 Å². The first-order valence-electron chi connectivity index (χ1n) is 10.3. The average molecular weight is 439 g/mol. The zero-order valence-corrected chi connectivity index (χ0v) is 18.6. The highest BCUT2D eigenvalue weighted by atomic mass is 32.2. The molecule has 3 aromatic rings. The Morgan fingerprint density at radius 2 is 1.90 bits per heavy atom. The summed E-state index contributed by atoms with van der Waals surface area (Å²) < 4.78 is 10.4. The van der Waals surface area contributed by atoms with Crippen LogP contribution >= 0.6 is 11.8 Å². The third kappa shape index (κ3) is 5.19. The third-order valence-corrected chi connectivity index (χ3v) is 6.32. The van der Waals surface area contributed by atoms with E-state index in [1.807, 2.05) is 41.3 Å². The van der Waals surface area contributed by atoms with Crippen LogP contribution in [0.15, 0.2) is 57.9 Å². The molecule has 1 fully saturated rings. The fourth-order valence-corrected chi connectivity index (χ4v) is 4.53. The maximum atomic E-state index is 13.3. The van der Waals surface area contributed by atoms with E-state index in [9.17, 15) is 4.79 Å². The van der Waals surface area contributed by atoms with Gasteiger partial charge in [-0.3, -0.25) is 4.79 Å². The summed E-state index contributed by atoms with van der Waals surface area (Å²) in [6.07, 6.45) is 0.925. The summed E-state index contributed by atoms with van der Waals surface area (Å²) >= 11 is 1.55. The number of aryl methyl sites for hydroxylation is 1. The lowest BCUT2D eigenvalue weighted by atomic mass is 10.2. The number of carbonyl (C=O) groups excluding carboxylic acids is 1. The maximum Gasteiger partial charge on any atom is 0.255 e. The second-order valence-electron chi connectivity index (χ2n) is 7.35. The van der Waals surface area contributed by atoms with E-state index in [0.29, 0.717) is 24.0 Å². The number of carbonyl (C=O) groups is 1. The molecule has 0 bridgehead atoms. The van der Waals surface area contributed by atoms with E-state index in [4.69, 9.17) is 9.26 Å². The molecule has 0 spiro atoms. The number of rotatable bonds is 6. The molecule has 7 nitrogen and oxygen atoms in total. The Bertz CT molecular complexity index is 1020. The third-order valence-electron chi connectivity index (χ3n) is 5.26. The molecule has 1 amide bonds. The lowest BCUT2D eigenvalue weighted by Crippen LogP contribution is -2.35. The summed E-state index contributed by atoms with van der Waals surface area (Å²) in [6, 6.07) is 15.8. The molecule has 0 aliphatic carbocycles. The van der Waals surface area contributed by atoms with Crippen LogP contribution in [0, 0.1) is 6.92 Å². The first-order chi connectivity index (χ1) is 15.1. The SMILES string of the molecule is COc1ccc(N2CCCN(C(=O)c3ccccc3SCc3nc(C)no3)CC2)cc1. The molecule has 2 aromatic carbocycles.